The third kappa shape index (κ3) is 3.20. The topological polar surface area (TPSA) is 93.4 Å². The molecule has 0 spiro atoms. The smallest absolute Gasteiger partial charge is 0.244 e. The minimum absolute atomic E-state index is 0.212. The fraction of sp³-hybridized carbons (Fsp3) is 0.250. The van der Waals surface area contributed by atoms with Crippen LogP contribution >= 0.6 is 23.1 Å². The highest BCUT2D eigenvalue weighted by Crippen LogP contribution is 2.32. The Labute approximate surface area is 164 Å². The third-order valence-corrected chi connectivity index (χ3v) is 7.93. The molecule has 8 nitrogen and oxygen atoms in total. The van der Waals surface area contributed by atoms with Gasteiger partial charge in [0.15, 0.2) is 5.65 Å². The molecule has 0 atom stereocenters. The number of hydrogen-bond acceptors (Lipinski definition) is 8. The SMILES string of the molecule is CCN(CC)S(=O)(=O)c1ccc2nnc(Sc3ncnc4sccc34)n2c1. The van der Waals surface area contributed by atoms with Crippen molar-refractivity contribution in [2.24, 2.45) is 0 Å². The summed E-state index contributed by atoms with van der Waals surface area (Å²) in [5.41, 5.74) is 0.576. The van der Waals surface area contributed by atoms with Gasteiger partial charge in [-0.15, -0.1) is 21.5 Å². The van der Waals surface area contributed by atoms with Gasteiger partial charge >= 0.3 is 0 Å². The average Bonchev–Trinajstić information content (AvgIpc) is 3.30. The van der Waals surface area contributed by atoms with Crippen LogP contribution in [0.25, 0.3) is 15.9 Å². The second-order valence-electron chi connectivity index (χ2n) is 5.59. The lowest BCUT2D eigenvalue weighted by molar-refractivity contribution is 0.445. The number of thiophene rings is 1. The molecule has 11 heteroatoms. The van der Waals surface area contributed by atoms with Crippen LogP contribution in [-0.2, 0) is 10.0 Å². The molecule has 0 fully saturated rings. The van der Waals surface area contributed by atoms with E-state index in [0.29, 0.717) is 23.9 Å². The summed E-state index contributed by atoms with van der Waals surface area (Å²) in [7, 11) is -3.56. The van der Waals surface area contributed by atoms with Crippen molar-refractivity contribution in [1.82, 2.24) is 28.9 Å². The van der Waals surface area contributed by atoms with Gasteiger partial charge in [-0.05, 0) is 35.3 Å². The molecule has 0 bridgehead atoms. The first-order chi connectivity index (χ1) is 13.0. The molecule has 4 aromatic heterocycles. The van der Waals surface area contributed by atoms with Crippen molar-refractivity contribution in [2.75, 3.05) is 13.1 Å². The fourth-order valence-corrected chi connectivity index (χ4v) is 5.85. The van der Waals surface area contributed by atoms with Gasteiger partial charge in [-0.1, -0.05) is 13.8 Å². The van der Waals surface area contributed by atoms with Crippen molar-refractivity contribution in [1.29, 1.82) is 0 Å². The summed E-state index contributed by atoms with van der Waals surface area (Å²) in [5.74, 6) is 0. The van der Waals surface area contributed by atoms with Gasteiger partial charge < -0.3 is 0 Å². The van der Waals surface area contributed by atoms with E-state index in [2.05, 4.69) is 20.2 Å². The summed E-state index contributed by atoms with van der Waals surface area (Å²) >= 11 is 2.87. The largest absolute Gasteiger partial charge is 0.276 e. The summed E-state index contributed by atoms with van der Waals surface area (Å²) in [4.78, 5) is 9.69. The molecule has 0 aliphatic rings. The number of pyridine rings is 1. The Morgan fingerprint density at radius 1 is 1.15 bits per heavy atom. The monoisotopic (exact) mass is 420 g/mol. The Morgan fingerprint density at radius 3 is 2.74 bits per heavy atom. The maximum Gasteiger partial charge on any atom is 0.244 e. The van der Waals surface area contributed by atoms with E-state index in [4.69, 9.17) is 0 Å². The Bertz CT molecular complexity index is 1210. The van der Waals surface area contributed by atoms with Gasteiger partial charge in [0, 0.05) is 24.7 Å². The molecule has 4 rings (SSSR count). The molecule has 0 saturated carbocycles. The first kappa shape index (κ1) is 18.3. The molecule has 0 aromatic carbocycles. The van der Waals surface area contributed by atoms with Gasteiger partial charge in [0.1, 0.15) is 16.2 Å². The van der Waals surface area contributed by atoms with Gasteiger partial charge in [-0.25, -0.2) is 18.4 Å². The standard InChI is InChI=1S/C16H16N6O2S3/c1-3-21(4-2)27(23,24)11-5-6-13-19-20-16(22(13)9-11)26-15-12-7-8-25-14(12)17-10-18-15/h5-10H,3-4H2,1-2H3. The van der Waals surface area contributed by atoms with E-state index >= 15 is 0 Å². The second kappa shape index (κ2) is 7.15. The van der Waals surface area contributed by atoms with Crippen molar-refractivity contribution in [3.63, 3.8) is 0 Å². The van der Waals surface area contributed by atoms with Crippen LogP contribution in [0.1, 0.15) is 13.8 Å². The molecule has 4 heterocycles. The van der Waals surface area contributed by atoms with Crippen LogP contribution in [0.15, 0.2) is 51.2 Å². The van der Waals surface area contributed by atoms with Crippen LogP contribution in [-0.4, -0.2) is 50.4 Å². The van der Waals surface area contributed by atoms with Crippen molar-refractivity contribution < 1.29 is 8.42 Å². The molecule has 0 aliphatic heterocycles. The summed E-state index contributed by atoms with van der Waals surface area (Å²) in [6.07, 6.45) is 3.08. The van der Waals surface area contributed by atoms with Crippen LogP contribution in [0.4, 0.5) is 0 Å². The lowest BCUT2D eigenvalue weighted by Crippen LogP contribution is -2.30. The van der Waals surface area contributed by atoms with Crippen molar-refractivity contribution in [3.05, 3.63) is 36.1 Å². The average molecular weight is 421 g/mol. The molecule has 0 unspecified atom stereocenters. The highest BCUT2D eigenvalue weighted by atomic mass is 32.2. The summed E-state index contributed by atoms with van der Waals surface area (Å²) in [6.45, 7) is 4.47. The normalized spacial score (nSPS) is 12.4. The van der Waals surface area contributed by atoms with Crippen molar-refractivity contribution in [2.45, 2.75) is 28.9 Å². The summed E-state index contributed by atoms with van der Waals surface area (Å²) < 4.78 is 28.7. The second-order valence-corrected chi connectivity index (χ2v) is 9.37. The minimum atomic E-state index is -3.56. The zero-order chi connectivity index (χ0) is 19.0. The van der Waals surface area contributed by atoms with Crippen molar-refractivity contribution in [3.8, 4) is 0 Å². The minimum Gasteiger partial charge on any atom is -0.276 e. The Hall–Kier alpha value is -2.08. The fourth-order valence-electron chi connectivity index (χ4n) is 2.72. The number of sulfonamides is 1. The first-order valence-electron chi connectivity index (χ1n) is 8.25. The van der Waals surface area contributed by atoms with E-state index < -0.39 is 10.0 Å². The molecule has 4 aromatic rings. The zero-order valence-electron chi connectivity index (χ0n) is 14.6. The van der Waals surface area contributed by atoms with E-state index in [1.165, 1.54) is 33.7 Å². The number of aromatic nitrogens is 5. The highest BCUT2D eigenvalue weighted by Gasteiger charge is 2.23. The van der Waals surface area contributed by atoms with Gasteiger partial charge in [0.2, 0.25) is 15.2 Å². The number of fused-ring (bicyclic) bond motifs is 2. The van der Waals surface area contributed by atoms with E-state index in [1.807, 2.05) is 25.3 Å². The molecule has 0 N–H and O–H groups in total. The maximum absolute atomic E-state index is 12.8. The molecule has 0 aliphatic carbocycles. The van der Waals surface area contributed by atoms with Gasteiger partial charge in [0.05, 0.1) is 4.90 Å². The van der Waals surface area contributed by atoms with Crippen molar-refractivity contribution >= 4 is 49.0 Å². The predicted molar refractivity (Wildman–Crippen MR) is 105 cm³/mol. The van der Waals surface area contributed by atoms with E-state index in [-0.39, 0.29) is 4.90 Å². The molecule has 27 heavy (non-hydrogen) atoms. The van der Waals surface area contributed by atoms with Gasteiger partial charge in [0.25, 0.3) is 0 Å². The van der Waals surface area contributed by atoms with E-state index in [1.54, 1.807) is 22.7 Å². The van der Waals surface area contributed by atoms with E-state index in [9.17, 15) is 8.42 Å². The van der Waals surface area contributed by atoms with Crippen LogP contribution < -0.4 is 0 Å². The van der Waals surface area contributed by atoms with Crippen LogP contribution in [0, 0.1) is 0 Å². The van der Waals surface area contributed by atoms with Crippen LogP contribution in [0.5, 0.6) is 0 Å². The highest BCUT2D eigenvalue weighted by molar-refractivity contribution is 7.99. The lowest BCUT2D eigenvalue weighted by atomic mass is 10.4. The predicted octanol–water partition coefficient (Wildman–Crippen LogP) is 2.92. The molecule has 140 valence electrons. The third-order valence-electron chi connectivity index (χ3n) is 4.10. The lowest BCUT2D eigenvalue weighted by Gasteiger charge is -2.18. The summed E-state index contributed by atoms with van der Waals surface area (Å²) in [5, 5.41) is 12.5. The zero-order valence-corrected chi connectivity index (χ0v) is 17.1. The summed E-state index contributed by atoms with van der Waals surface area (Å²) in [6, 6.07) is 5.18. The quantitative estimate of drug-likeness (QED) is 0.443. The maximum atomic E-state index is 12.8. The van der Waals surface area contributed by atoms with Gasteiger partial charge in [-0.2, -0.15) is 4.31 Å². The van der Waals surface area contributed by atoms with E-state index in [0.717, 1.165) is 15.2 Å². The Morgan fingerprint density at radius 2 is 1.96 bits per heavy atom. The molecule has 0 radical (unpaired) electrons. The first-order valence-corrected chi connectivity index (χ1v) is 11.4. The molecular formula is C16H16N6O2S3. The number of hydrogen-bond donors (Lipinski definition) is 0. The molecule has 0 saturated heterocycles. The molecular weight excluding hydrogens is 404 g/mol. The van der Waals surface area contributed by atoms with Gasteiger partial charge in [-0.3, -0.25) is 4.40 Å². The van der Waals surface area contributed by atoms with Crippen LogP contribution in [0.3, 0.4) is 0 Å². The number of rotatable bonds is 6. The Balaban J connectivity index is 1.78. The van der Waals surface area contributed by atoms with Crippen LogP contribution in [0.2, 0.25) is 0 Å². The molecule has 0 amide bonds. The number of nitrogens with zero attached hydrogens (tertiary/aromatic N) is 6. The Kier molecular flexibility index (Phi) is 4.84.